The van der Waals surface area contributed by atoms with Crippen LogP contribution in [0.2, 0.25) is 5.15 Å². The van der Waals surface area contributed by atoms with Crippen LogP contribution in [0.5, 0.6) is 0 Å². The Bertz CT molecular complexity index is 408. The fourth-order valence-corrected chi connectivity index (χ4v) is 1.67. The number of aromatic nitrogens is 2. The molecule has 8 heteroatoms. The van der Waals surface area contributed by atoms with Gasteiger partial charge in [-0.25, -0.2) is 9.97 Å². The smallest absolute Gasteiger partial charge is 0.348 e. The first-order valence-corrected chi connectivity index (χ1v) is 5.05. The second-order valence-electron chi connectivity index (χ2n) is 3.32. The van der Waals surface area contributed by atoms with Crippen LogP contribution in [0.25, 0.3) is 0 Å². The van der Waals surface area contributed by atoms with Crippen LogP contribution in [0.3, 0.4) is 0 Å². The summed E-state index contributed by atoms with van der Waals surface area (Å²) in [6.45, 7) is 1.16. The van der Waals surface area contributed by atoms with E-state index < -0.39 is 4.92 Å². The van der Waals surface area contributed by atoms with Gasteiger partial charge in [-0.1, -0.05) is 11.6 Å². The Morgan fingerprint density at radius 1 is 1.62 bits per heavy atom. The highest BCUT2D eigenvalue weighted by molar-refractivity contribution is 6.31. The largest absolute Gasteiger partial charge is 0.379 e. The van der Waals surface area contributed by atoms with Crippen molar-refractivity contribution in [3.8, 4) is 0 Å². The van der Waals surface area contributed by atoms with Crippen LogP contribution < -0.4 is 5.32 Å². The summed E-state index contributed by atoms with van der Waals surface area (Å²) in [5.74, 6) is 0.139. The number of ether oxygens (including phenoxy) is 1. The van der Waals surface area contributed by atoms with Gasteiger partial charge in [-0.15, -0.1) is 0 Å². The molecular weight excluding hydrogens is 236 g/mol. The molecule has 0 saturated carbocycles. The summed E-state index contributed by atoms with van der Waals surface area (Å²) in [5, 5.41) is 13.6. The van der Waals surface area contributed by atoms with Crippen LogP contribution in [-0.4, -0.2) is 34.1 Å². The van der Waals surface area contributed by atoms with Crippen molar-refractivity contribution in [2.24, 2.45) is 0 Å². The number of anilines is 1. The lowest BCUT2D eigenvalue weighted by Gasteiger charge is -2.10. The first-order chi connectivity index (χ1) is 7.68. The fourth-order valence-electron chi connectivity index (χ4n) is 1.47. The fraction of sp³-hybridized carbons (Fsp3) is 0.500. The monoisotopic (exact) mass is 244 g/mol. The first-order valence-electron chi connectivity index (χ1n) is 4.67. The molecule has 0 aliphatic carbocycles. The molecule has 0 amide bonds. The van der Waals surface area contributed by atoms with E-state index in [4.69, 9.17) is 16.3 Å². The molecule has 1 aliphatic rings. The number of nitrogens with one attached hydrogen (secondary N) is 1. The molecule has 1 atom stereocenters. The summed E-state index contributed by atoms with van der Waals surface area (Å²) < 4.78 is 5.15. The zero-order chi connectivity index (χ0) is 11.5. The molecule has 1 aromatic rings. The second kappa shape index (κ2) is 4.58. The molecular formula is C8H9ClN4O3. The average Bonchev–Trinajstić information content (AvgIpc) is 2.70. The normalized spacial score (nSPS) is 19.7. The zero-order valence-corrected chi connectivity index (χ0v) is 8.98. The summed E-state index contributed by atoms with van der Waals surface area (Å²) in [7, 11) is 0. The molecule has 1 N–H and O–H groups in total. The van der Waals surface area contributed by atoms with Gasteiger partial charge in [-0.05, 0) is 6.42 Å². The van der Waals surface area contributed by atoms with E-state index in [1.54, 1.807) is 0 Å². The summed E-state index contributed by atoms with van der Waals surface area (Å²) in [4.78, 5) is 17.6. The third-order valence-electron chi connectivity index (χ3n) is 2.23. The molecule has 0 aromatic carbocycles. The third-order valence-corrected chi connectivity index (χ3v) is 2.51. The maximum atomic E-state index is 10.8. The predicted molar refractivity (Wildman–Crippen MR) is 56.5 cm³/mol. The van der Waals surface area contributed by atoms with Crippen LogP contribution in [-0.2, 0) is 4.74 Å². The van der Waals surface area contributed by atoms with E-state index in [9.17, 15) is 10.1 Å². The number of nitro groups is 1. The molecule has 1 saturated heterocycles. The van der Waals surface area contributed by atoms with E-state index in [2.05, 4.69) is 15.3 Å². The summed E-state index contributed by atoms with van der Waals surface area (Å²) in [5.41, 5.74) is -0.295. The number of nitrogens with zero attached hydrogens (tertiary/aromatic N) is 3. The van der Waals surface area contributed by atoms with Crippen molar-refractivity contribution in [3.05, 3.63) is 21.6 Å². The summed E-state index contributed by atoms with van der Waals surface area (Å²) >= 11 is 5.65. The molecule has 7 nitrogen and oxygen atoms in total. The third kappa shape index (κ3) is 2.20. The molecule has 0 bridgehead atoms. The van der Waals surface area contributed by atoms with Gasteiger partial charge < -0.3 is 10.1 Å². The van der Waals surface area contributed by atoms with E-state index in [1.165, 1.54) is 6.33 Å². The Balaban J connectivity index is 2.25. The second-order valence-corrected chi connectivity index (χ2v) is 3.68. The quantitative estimate of drug-likeness (QED) is 0.489. The molecule has 1 aromatic heterocycles. The number of hydrogen-bond donors (Lipinski definition) is 1. The standard InChI is InChI=1S/C8H9ClN4O3/c9-7-6(13(14)15)8(11-4-10-7)12-5-1-2-16-3-5/h4-5H,1-3H2,(H,10,11,12). The minimum Gasteiger partial charge on any atom is -0.379 e. The van der Waals surface area contributed by atoms with Crippen LogP contribution in [0, 0.1) is 10.1 Å². The lowest BCUT2D eigenvalue weighted by Crippen LogP contribution is -2.20. The van der Waals surface area contributed by atoms with Gasteiger partial charge in [0, 0.05) is 6.61 Å². The SMILES string of the molecule is O=[N+]([O-])c1c(Cl)ncnc1NC1CCOC1. The van der Waals surface area contributed by atoms with Gasteiger partial charge in [0.15, 0.2) is 0 Å². The van der Waals surface area contributed by atoms with Gasteiger partial charge in [-0.3, -0.25) is 10.1 Å². The molecule has 2 heterocycles. The van der Waals surface area contributed by atoms with Crippen LogP contribution >= 0.6 is 11.6 Å². The summed E-state index contributed by atoms with van der Waals surface area (Å²) in [6.07, 6.45) is 1.98. The van der Waals surface area contributed by atoms with E-state index >= 15 is 0 Å². The van der Waals surface area contributed by atoms with Gasteiger partial charge in [0.05, 0.1) is 17.6 Å². The van der Waals surface area contributed by atoms with Gasteiger partial charge in [0.25, 0.3) is 0 Å². The Kier molecular flexibility index (Phi) is 3.16. The Morgan fingerprint density at radius 3 is 3.06 bits per heavy atom. The lowest BCUT2D eigenvalue weighted by molar-refractivity contribution is -0.384. The first kappa shape index (κ1) is 11.0. The van der Waals surface area contributed by atoms with Crippen LogP contribution in [0.15, 0.2) is 6.33 Å². The van der Waals surface area contributed by atoms with E-state index in [-0.39, 0.29) is 22.7 Å². The predicted octanol–water partition coefficient (Wildman–Crippen LogP) is 1.24. The number of rotatable bonds is 3. The lowest BCUT2D eigenvalue weighted by atomic mass is 10.2. The van der Waals surface area contributed by atoms with Crippen molar-refractivity contribution in [1.82, 2.24) is 9.97 Å². The highest BCUT2D eigenvalue weighted by atomic mass is 35.5. The number of hydrogen-bond acceptors (Lipinski definition) is 6. The molecule has 0 spiro atoms. The van der Waals surface area contributed by atoms with Gasteiger partial charge in [-0.2, -0.15) is 0 Å². The van der Waals surface area contributed by atoms with E-state index in [1.807, 2.05) is 0 Å². The van der Waals surface area contributed by atoms with Crippen molar-refractivity contribution >= 4 is 23.1 Å². The molecule has 2 rings (SSSR count). The Morgan fingerprint density at radius 2 is 2.44 bits per heavy atom. The van der Waals surface area contributed by atoms with Crippen molar-refractivity contribution in [2.75, 3.05) is 18.5 Å². The topological polar surface area (TPSA) is 90.2 Å². The molecule has 0 radical (unpaired) electrons. The molecule has 1 unspecified atom stereocenters. The van der Waals surface area contributed by atoms with Crippen molar-refractivity contribution in [1.29, 1.82) is 0 Å². The van der Waals surface area contributed by atoms with Crippen molar-refractivity contribution in [2.45, 2.75) is 12.5 Å². The molecule has 86 valence electrons. The summed E-state index contributed by atoms with van der Waals surface area (Å²) in [6, 6.07) is 0.0321. The molecule has 1 aliphatic heterocycles. The maximum Gasteiger partial charge on any atom is 0.348 e. The van der Waals surface area contributed by atoms with Gasteiger partial charge in [0.1, 0.15) is 6.33 Å². The maximum absolute atomic E-state index is 10.8. The van der Waals surface area contributed by atoms with E-state index in [0.29, 0.717) is 13.2 Å². The van der Waals surface area contributed by atoms with Gasteiger partial charge in [0.2, 0.25) is 11.0 Å². The Labute approximate surface area is 95.9 Å². The van der Waals surface area contributed by atoms with Crippen molar-refractivity contribution in [3.63, 3.8) is 0 Å². The minimum absolute atomic E-state index is 0.0321. The van der Waals surface area contributed by atoms with Gasteiger partial charge >= 0.3 is 5.69 Å². The number of halogens is 1. The molecule has 16 heavy (non-hydrogen) atoms. The van der Waals surface area contributed by atoms with Crippen LogP contribution in [0.4, 0.5) is 11.5 Å². The highest BCUT2D eigenvalue weighted by Crippen LogP contribution is 2.29. The average molecular weight is 245 g/mol. The highest BCUT2D eigenvalue weighted by Gasteiger charge is 2.25. The Hall–Kier alpha value is -1.47. The van der Waals surface area contributed by atoms with Crippen LogP contribution in [0.1, 0.15) is 6.42 Å². The zero-order valence-electron chi connectivity index (χ0n) is 8.22. The van der Waals surface area contributed by atoms with Crippen molar-refractivity contribution < 1.29 is 9.66 Å². The minimum atomic E-state index is -0.597. The van der Waals surface area contributed by atoms with E-state index in [0.717, 1.165) is 6.42 Å². The molecule has 1 fully saturated rings.